The van der Waals surface area contributed by atoms with Crippen LogP contribution < -0.4 is 5.73 Å². The summed E-state index contributed by atoms with van der Waals surface area (Å²) in [6, 6.07) is 0. The fraction of sp³-hybridized carbons (Fsp3) is 0.750. The van der Waals surface area contributed by atoms with E-state index in [0.717, 1.165) is 12.8 Å². The normalized spacial score (nSPS) is 11.1. The molecule has 0 aliphatic carbocycles. The van der Waals surface area contributed by atoms with Crippen molar-refractivity contribution in [2.45, 2.75) is 39.2 Å². The van der Waals surface area contributed by atoms with Gasteiger partial charge in [-0.05, 0) is 20.3 Å². The molecule has 0 spiro atoms. The molecule has 13 heavy (non-hydrogen) atoms. The predicted molar refractivity (Wildman–Crippen MR) is 52.8 cm³/mol. The van der Waals surface area contributed by atoms with E-state index in [1.54, 1.807) is 0 Å². The van der Waals surface area contributed by atoms with E-state index in [-0.39, 0.29) is 12.4 Å². The second kappa shape index (κ2) is 4.58. The van der Waals surface area contributed by atoms with Crippen molar-refractivity contribution in [3.8, 4) is 0 Å². The van der Waals surface area contributed by atoms with Crippen molar-refractivity contribution < 1.29 is 4.52 Å². The molecule has 0 aliphatic rings. The summed E-state index contributed by atoms with van der Waals surface area (Å²) in [4.78, 5) is 4.17. The summed E-state index contributed by atoms with van der Waals surface area (Å²) in [5, 5.41) is 3.79. The average Bonchev–Trinajstić information content (AvgIpc) is 2.35. The minimum atomic E-state index is -0.504. The highest BCUT2D eigenvalue weighted by atomic mass is 35.5. The van der Waals surface area contributed by atoms with E-state index in [0.29, 0.717) is 11.7 Å². The molecule has 4 nitrogen and oxygen atoms in total. The fourth-order valence-corrected chi connectivity index (χ4v) is 0.832. The van der Waals surface area contributed by atoms with Crippen LogP contribution in [0.5, 0.6) is 0 Å². The van der Waals surface area contributed by atoms with E-state index < -0.39 is 5.54 Å². The Morgan fingerprint density at radius 1 is 1.46 bits per heavy atom. The Morgan fingerprint density at radius 2 is 2.08 bits per heavy atom. The van der Waals surface area contributed by atoms with Crippen LogP contribution in [0.3, 0.4) is 0 Å². The summed E-state index contributed by atoms with van der Waals surface area (Å²) in [7, 11) is 0. The SMILES string of the molecule is CCCc1nc(C(C)(C)N)no1.Cl. The smallest absolute Gasteiger partial charge is 0.226 e. The lowest BCUT2D eigenvalue weighted by Crippen LogP contribution is -2.30. The van der Waals surface area contributed by atoms with Crippen molar-refractivity contribution in [1.29, 1.82) is 0 Å². The topological polar surface area (TPSA) is 64.9 Å². The second-order valence-corrected chi connectivity index (χ2v) is 3.48. The van der Waals surface area contributed by atoms with Crippen LogP contribution in [0, 0.1) is 0 Å². The van der Waals surface area contributed by atoms with Crippen molar-refractivity contribution in [2.75, 3.05) is 0 Å². The van der Waals surface area contributed by atoms with E-state index in [9.17, 15) is 0 Å². The number of hydrogen-bond acceptors (Lipinski definition) is 4. The van der Waals surface area contributed by atoms with Crippen LogP contribution in [-0.4, -0.2) is 10.1 Å². The summed E-state index contributed by atoms with van der Waals surface area (Å²) >= 11 is 0. The Bertz CT molecular complexity index is 254. The molecule has 2 N–H and O–H groups in total. The maximum atomic E-state index is 5.78. The summed E-state index contributed by atoms with van der Waals surface area (Å²) in [5.74, 6) is 1.25. The lowest BCUT2D eigenvalue weighted by Gasteiger charge is -2.11. The number of nitrogens with zero attached hydrogens (tertiary/aromatic N) is 2. The summed E-state index contributed by atoms with van der Waals surface area (Å²) in [6.45, 7) is 5.78. The Morgan fingerprint density at radius 3 is 2.46 bits per heavy atom. The highest BCUT2D eigenvalue weighted by Gasteiger charge is 2.20. The number of rotatable bonds is 3. The van der Waals surface area contributed by atoms with Gasteiger partial charge in [0.25, 0.3) is 0 Å². The molecule has 0 saturated heterocycles. The van der Waals surface area contributed by atoms with Crippen molar-refractivity contribution in [3.63, 3.8) is 0 Å². The molecule has 76 valence electrons. The van der Waals surface area contributed by atoms with E-state index in [1.807, 2.05) is 13.8 Å². The van der Waals surface area contributed by atoms with Gasteiger partial charge in [-0.25, -0.2) is 0 Å². The molecule has 0 radical (unpaired) electrons. The quantitative estimate of drug-likeness (QED) is 0.815. The van der Waals surface area contributed by atoms with Gasteiger partial charge in [0.15, 0.2) is 5.82 Å². The maximum absolute atomic E-state index is 5.78. The van der Waals surface area contributed by atoms with Crippen LogP contribution in [0.15, 0.2) is 4.52 Å². The van der Waals surface area contributed by atoms with Gasteiger partial charge < -0.3 is 10.3 Å². The first-order chi connectivity index (χ1) is 5.54. The summed E-state index contributed by atoms with van der Waals surface area (Å²) in [5.41, 5.74) is 5.28. The molecule has 0 aromatic carbocycles. The van der Waals surface area contributed by atoms with Gasteiger partial charge in [-0.2, -0.15) is 4.98 Å². The van der Waals surface area contributed by atoms with Crippen LogP contribution in [-0.2, 0) is 12.0 Å². The van der Waals surface area contributed by atoms with Gasteiger partial charge in [0.2, 0.25) is 5.89 Å². The van der Waals surface area contributed by atoms with Crippen molar-refractivity contribution in [3.05, 3.63) is 11.7 Å². The van der Waals surface area contributed by atoms with E-state index in [2.05, 4.69) is 17.1 Å². The third kappa shape index (κ3) is 3.32. The van der Waals surface area contributed by atoms with Crippen LogP contribution >= 0.6 is 12.4 Å². The molecule has 1 aromatic rings. The van der Waals surface area contributed by atoms with Gasteiger partial charge in [0, 0.05) is 6.42 Å². The lowest BCUT2D eigenvalue weighted by atomic mass is 10.1. The van der Waals surface area contributed by atoms with Gasteiger partial charge in [0.1, 0.15) is 0 Å². The van der Waals surface area contributed by atoms with E-state index >= 15 is 0 Å². The molecule has 1 aromatic heterocycles. The van der Waals surface area contributed by atoms with Gasteiger partial charge in [-0.3, -0.25) is 0 Å². The number of aromatic nitrogens is 2. The molecule has 0 unspecified atom stereocenters. The third-order valence-corrected chi connectivity index (χ3v) is 1.51. The molecule has 1 rings (SSSR count). The van der Waals surface area contributed by atoms with Gasteiger partial charge in [-0.15, -0.1) is 12.4 Å². The van der Waals surface area contributed by atoms with Gasteiger partial charge in [0.05, 0.1) is 5.54 Å². The minimum Gasteiger partial charge on any atom is -0.339 e. The predicted octanol–water partition coefficient (Wildman–Crippen LogP) is 1.64. The standard InChI is InChI=1S/C8H15N3O.ClH/c1-4-5-6-10-7(11-12-6)8(2,3)9;/h4-5,9H2,1-3H3;1H. The highest BCUT2D eigenvalue weighted by molar-refractivity contribution is 5.85. The van der Waals surface area contributed by atoms with E-state index in [4.69, 9.17) is 10.3 Å². The Labute approximate surface area is 84.3 Å². The first-order valence-corrected chi connectivity index (χ1v) is 4.16. The Balaban J connectivity index is 0.00000144. The molecule has 0 bridgehead atoms. The monoisotopic (exact) mass is 205 g/mol. The van der Waals surface area contributed by atoms with Crippen molar-refractivity contribution in [1.82, 2.24) is 10.1 Å². The number of aryl methyl sites for hydroxylation is 1. The number of halogens is 1. The average molecular weight is 206 g/mol. The largest absolute Gasteiger partial charge is 0.339 e. The van der Waals surface area contributed by atoms with Crippen LogP contribution in [0.4, 0.5) is 0 Å². The third-order valence-electron chi connectivity index (χ3n) is 1.51. The Hall–Kier alpha value is -0.610. The summed E-state index contributed by atoms with van der Waals surface area (Å²) in [6.07, 6.45) is 1.83. The molecular weight excluding hydrogens is 190 g/mol. The highest BCUT2D eigenvalue weighted by Crippen LogP contribution is 2.12. The lowest BCUT2D eigenvalue weighted by molar-refractivity contribution is 0.360. The zero-order valence-electron chi connectivity index (χ0n) is 8.20. The van der Waals surface area contributed by atoms with E-state index in [1.165, 1.54) is 0 Å². The van der Waals surface area contributed by atoms with Crippen molar-refractivity contribution in [2.24, 2.45) is 5.73 Å². The zero-order chi connectivity index (χ0) is 9.19. The summed E-state index contributed by atoms with van der Waals surface area (Å²) < 4.78 is 4.99. The molecule has 5 heteroatoms. The molecule has 1 heterocycles. The molecule has 0 saturated carbocycles. The first-order valence-electron chi connectivity index (χ1n) is 4.16. The molecule has 0 amide bonds. The minimum absolute atomic E-state index is 0. The van der Waals surface area contributed by atoms with Crippen LogP contribution in [0.25, 0.3) is 0 Å². The molecule has 0 aliphatic heterocycles. The van der Waals surface area contributed by atoms with Crippen LogP contribution in [0.2, 0.25) is 0 Å². The number of nitrogens with two attached hydrogens (primary N) is 1. The van der Waals surface area contributed by atoms with Crippen LogP contribution in [0.1, 0.15) is 38.9 Å². The van der Waals surface area contributed by atoms with Crippen molar-refractivity contribution >= 4 is 12.4 Å². The molecular formula is C8H16ClN3O. The maximum Gasteiger partial charge on any atom is 0.226 e. The van der Waals surface area contributed by atoms with Gasteiger partial charge >= 0.3 is 0 Å². The molecule has 0 fully saturated rings. The Kier molecular flexibility index (Phi) is 4.36. The molecule has 0 atom stereocenters. The van der Waals surface area contributed by atoms with Gasteiger partial charge in [-0.1, -0.05) is 12.1 Å². The fourth-order valence-electron chi connectivity index (χ4n) is 0.832. The number of hydrogen-bond donors (Lipinski definition) is 1. The first kappa shape index (κ1) is 12.4. The zero-order valence-corrected chi connectivity index (χ0v) is 9.02. The second-order valence-electron chi connectivity index (χ2n) is 3.48.